The highest BCUT2D eigenvalue weighted by Crippen LogP contribution is 2.23. The van der Waals surface area contributed by atoms with Crippen molar-refractivity contribution in [1.29, 1.82) is 0 Å². The van der Waals surface area contributed by atoms with Gasteiger partial charge in [-0.15, -0.1) is 0 Å². The molecule has 0 aliphatic rings. The Kier molecular flexibility index (Phi) is 2.92. The summed E-state index contributed by atoms with van der Waals surface area (Å²) in [5.41, 5.74) is 6.39. The van der Waals surface area contributed by atoms with Crippen molar-refractivity contribution in [1.82, 2.24) is 4.98 Å². The number of nitrogen functional groups attached to an aromatic ring is 1. The molecule has 0 spiro atoms. The van der Waals surface area contributed by atoms with Gasteiger partial charge in [-0.1, -0.05) is 11.6 Å². The maximum Gasteiger partial charge on any atom is 0.146 e. The van der Waals surface area contributed by atoms with E-state index in [0.29, 0.717) is 22.2 Å². The Morgan fingerprint density at radius 1 is 1.25 bits per heavy atom. The van der Waals surface area contributed by atoms with Gasteiger partial charge in [0.2, 0.25) is 0 Å². The number of benzene rings is 1. The zero-order valence-electron chi connectivity index (χ0n) is 8.24. The van der Waals surface area contributed by atoms with Gasteiger partial charge in [-0.25, -0.2) is 9.37 Å². The van der Waals surface area contributed by atoms with Crippen molar-refractivity contribution in [3.8, 4) is 0 Å². The minimum Gasteiger partial charge on any atom is -0.384 e. The summed E-state index contributed by atoms with van der Waals surface area (Å²) in [4.78, 5) is 3.89. The first kappa shape index (κ1) is 10.7. The number of aromatic nitrogens is 1. The van der Waals surface area contributed by atoms with E-state index in [1.807, 2.05) is 0 Å². The minimum absolute atomic E-state index is 0.305. The number of nitrogens with one attached hydrogen (secondary N) is 1. The summed E-state index contributed by atoms with van der Waals surface area (Å²) in [7, 11) is 0. The fourth-order valence-corrected chi connectivity index (χ4v) is 1.40. The van der Waals surface area contributed by atoms with Crippen LogP contribution in [0.3, 0.4) is 0 Å². The van der Waals surface area contributed by atoms with E-state index in [9.17, 15) is 4.39 Å². The molecule has 82 valence electrons. The second kappa shape index (κ2) is 4.37. The molecule has 3 nitrogen and oxygen atoms in total. The van der Waals surface area contributed by atoms with Crippen LogP contribution in [0.15, 0.2) is 36.5 Å². The highest BCUT2D eigenvalue weighted by atomic mass is 35.5. The average molecular weight is 238 g/mol. The fraction of sp³-hybridized carbons (Fsp3) is 0. The lowest BCUT2D eigenvalue weighted by molar-refractivity contribution is 0.632. The summed E-state index contributed by atoms with van der Waals surface area (Å²) >= 11 is 5.77. The van der Waals surface area contributed by atoms with Crippen molar-refractivity contribution >= 4 is 28.8 Å². The summed E-state index contributed by atoms with van der Waals surface area (Å²) in [6, 6.07) is 7.64. The number of nitrogens with zero attached hydrogens (tertiary/aromatic N) is 1. The first-order valence-electron chi connectivity index (χ1n) is 4.59. The molecule has 2 aromatic rings. The molecule has 0 aliphatic heterocycles. The number of rotatable bonds is 2. The topological polar surface area (TPSA) is 50.9 Å². The quantitative estimate of drug-likeness (QED) is 0.843. The third kappa shape index (κ3) is 2.41. The lowest BCUT2D eigenvalue weighted by Gasteiger charge is -2.07. The van der Waals surface area contributed by atoms with E-state index >= 15 is 0 Å². The summed E-state index contributed by atoms with van der Waals surface area (Å²) < 4.78 is 13.4. The van der Waals surface area contributed by atoms with Crippen LogP contribution in [-0.2, 0) is 0 Å². The second-order valence-corrected chi connectivity index (χ2v) is 3.66. The van der Waals surface area contributed by atoms with Gasteiger partial charge < -0.3 is 11.1 Å². The summed E-state index contributed by atoms with van der Waals surface area (Å²) in [5.74, 6) is 0.0401. The molecular weight excluding hydrogens is 229 g/mol. The predicted molar refractivity (Wildman–Crippen MR) is 63.3 cm³/mol. The van der Waals surface area contributed by atoms with Crippen LogP contribution in [0, 0.1) is 5.82 Å². The minimum atomic E-state index is -0.374. The normalized spacial score (nSPS) is 10.1. The first-order valence-corrected chi connectivity index (χ1v) is 4.96. The molecular formula is C11H9ClFN3. The Morgan fingerprint density at radius 2 is 2.06 bits per heavy atom. The molecule has 5 heteroatoms. The molecule has 2 rings (SSSR count). The van der Waals surface area contributed by atoms with E-state index in [4.69, 9.17) is 17.3 Å². The Bertz CT molecular complexity index is 499. The van der Waals surface area contributed by atoms with E-state index in [1.54, 1.807) is 12.1 Å². The van der Waals surface area contributed by atoms with E-state index in [-0.39, 0.29) is 5.82 Å². The standard InChI is InChI=1S/C11H9ClFN3/c12-7-1-3-9(13)10(5-7)16-8-2-4-11(14)15-6-8/h1-6,16H,(H2,14,15). The maximum absolute atomic E-state index is 13.4. The number of pyridine rings is 1. The van der Waals surface area contributed by atoms with Gasteiger partial charge in [0.1, 0.15) is 11.6 Å². The number of hydrogen-bond donors (Lipinski definition) is 2. The van der Waals surface area contributed by atoms with Crippen LogP contribution in [0.5, 0.6) is 0 Å². The van der Waals surface area contributed by atoms with Crippen molar-refractivity contribution in [2.45, 2.75) is 0 Å². The van der Waals surface area contributed by atoms with E-state index in [0.717, 1.165) is 0 Å². The summed E-state index contributed by atoms with van der Waals surface area (Å²) in [5, 5.41) is 3.33. The van der Waals surface area contributed by atoms with Crippen molar-refractivity contribution in [3.63, 3.8) is 0 Å². The van der Waals surface area contributed by atoms with Crippen LogP contribution in [0.2, 0.25) is 5.02 Å². The third-order valence-corrected chi connectivity index (χ3v) is 2.23. The van der Waals surface area contributed by atoms with Gasteiger partial charge in [0.15, 0.2) is 0 Å². The van der Waals surface area contributed by atoms with Crippen LogP contribution in [0.1, 0.15) is 0 Å². The van der Waals surface area contributed by atoms with E-state index < -0.39 is 0 Å². The highest BCUT2D eigenvalue weighted by Gasteiger charge is 2.03. The highest BCUT2D eigenvalue weighted by molar-refractivity contribution is 6.30. The molecule has 0 unspecified atom stereocenters. The summed E-state index contributed by atoms with van der Waals surface area (Å²) in [6.45, 7) is 0. The zero-order valence-corrected chi connectivity index (χ0v) is 9.00. The first-order chi connectivity index (χ1) is 7.65. The second-order valence-electron chi connectivity index (χ2n) is 3.22. The van der Waals surface area contributed by atoms with Gasteiger partial charge >= 0.3 is 0 Å². The molecule has 1 aromatic heterocycles. The van der Waals surface area contributed by atoms with Gasteiger partial charge in [0.05, 0.1) is 17.6 Å². The molecule has 16 heavy (non-hydrogen) atoms. The molecule has 0 radical (unpaired) electrons. The molecule has 0 aliphatic carbocycles. The SMILES string of the molecule is Nc1ccc(Nc2cc(Cl)ccc2F)cn1. The molecule has 0 saturated carbocycles. The monoisotopic (exact) mass is 237 g/mol. The van der Waals surface area contributed by atoms with Crippen LogP contribution in [-0.4, -0.2) is 4.98 Å². The van der Waals surface area contributed by atoms with Gasteiger partial charge in [-0.05, 0) is 30.3 Å². The van der Waals surface area contributed by atoms with Gasteiger partial charge in [0, 0.05) is 5.02 Å². The van der Waals surface area contributed by atoms with Gasteiger partial charge in [0.25, 0.3) is 0 Å². The molecule has 0 amide bonds. The maximum atomic E-state index is 13.4. The Labute approximate surface area is 97.1 Å². The Morgan fingerprint density at radius 3 is 2.75 bits per heavy atom. The van der Waals surface area contributed by atoms with Crippen molar-refractivity contribution in [2.24, 2.45) is 0 Å². The smallest absolute Gasteiger partial charge is 0.146 e. The zero-order chi connectivity index (χ0) is 11.5. The fourth-order valence-electron chi connectivity index (χ4n) is 1.23. The molecule has 0 bridgehead atoms. The largest absolute Gasteiger partial charge is 0.384 e. The average Bonchev–Trinajstić information content (AvgIpc) is 2.27. The van der Waals surface area contributed by atoms with Crippen LogP contribution in [0.4, 0.5) is 21.6 Å². The number of anilines is 3. The van der Waals surface area contributed by atoms with Crippen molar-refractivity contribution in [3.05, 3.63) is 47.4 Å². The number of halogens is 2. The van der Waals surface area contributed by atoms with Gasteiger partial charge in [-0.3, -0.25) is 0 Å². The van der Waals surface area contributed by atoms with E-state index in [2.05, 4.69) is 10.3 Å². The predicted octanol–water partition coefficient (Wildman–Crippen LogP) is 3.20. The lowest BCUT2D eigenvalue weighted by atomic mass is 10.3. The lowest BCUT2D eigenvalue weighted by Crippen LogP contribution is -1.95. The molecule has 0 fully saturated rings. The Hall–Kier alpha value is -1.81. The molecule has 0 saturated heterocycles. The van der Waals surface area contributed by atoms with Crippen LogP contribution >= 0.6 is 11.6 Å². The van der Waals surface area contributed by atoms with Crippen LogP contribution in [0.25, 0.3) is 0 Å². The number of nitrogens with two attached hydrogens (primary N) is 1. The molecule has 0 atom stereocenters. The molecule has 1 aromatic carbocycles. The summed E-state index contributed by atoms with van der Waals surface area (Å²) in [6.07, 6.45) is 1.52. The van der Waals surface area contributed by atoms with Crippen molar-refractivity contribution < 1.29 is 4.39 Å². The van der Waals surface area contributed by atoms with E-state index in [1.165, 1.54) is 24.4 Å². The van der Waals surface area contributed by atoms with Crippen molar-refractivity contribution in [2.75, 3.05) is 11.1 Å². The van der Waals surface area contributed by atoms with Gasteiger partial charge in [-0.2, -0.15) is 0 Å². The van der Waals surface area contributed by atoms with Crippen LogP contribution < -0.4 is 11.1 Å². The molecule has 3 N–H and O–H groups in total. The third-order valence-electron chi connectivity index (χ3n) is 1.99. The molecule has 1 heterocycles. The Balaban J connectivity index is 2.26. The number of hydrogen-bond acceptors (Lipinski definition) is 3.